The molecule has 0 N–H and O–H groups in total. The van der Waals surface area contributed by atoms with Crippen LogP contribution >= 0.6 is 35.0 Å². The van der Waals surface area contributed by atoms with Crippen molar-refractivity contribution in [3.8, 4) is 0 Å². The summed E-state index contributed by atoms with van der Waals surface area (Å²) in [5.41, 5.74) is 2.53. The normalized spacial score (nSPS) is 11.0. The fraction of sp³-hybridized carbons (Fsp3) is 0.0952. The second-order valence-electron chi connectivity index (χ2n) is 6.16. The maximum Gasteiger partial charge on any atom is 0.283 e. The van der Waals surface area contributed by atoms with Crippen LogP contribution in [-0.2, 0) is 11.4 Å². The van der Waals surface area contributed by atoms with Crippen molar-refractivity contribution in [1.82, 2.24) is 0 Å². The van der Waals surface area contributed by atoms with Crippen LogP contribution in [0.3, 0.4) is 0 Å². The van der Waals surface area contributed by atoms with Crippen molar-refractivity contribution in [2.75, 3.05) is 0 Å². The van der Waals surface area contributed by atoms with Gasteiger partial charge in [0, 0.05) is 16.5 Å². The summed E-state index contributed by atoms with van der Waals surface area (Å²) in [5.74, 6) is 0. The van der Waals surface area contributed by atoms with Crippen LogP contribution in [0, 0.1) is 17.0 Å². The second-order valence-corrected chi connectivity index (χ2v) is 8.09. The zero-order valence-corrected chi connectivity index (χ0v) is 17.7. The topological polar surface area (TPSA) is 64.7 Å². The quantitative estimate of drug-likeness (QED) is 0.224. The highest BCUT2D eigenvalue weighted by Crippen LogP contribution is 2.35. The van der Waals surface area contributed by atoms with E-state index in [1.165, 1.54) is 24.0 Å². The van der Waals surface area contributed by atoms with Gasteiger partial charge in [0.2, 0.25) is 0 Å². The van der Waals surface area contributed by atoms with Gasteiger partial charge in [-0.15, -0.1) is 0 Å². The molecular formula is C21H16Cl2N2O3S. The summed E-state index contributed by atoms with van der Waals surface area (Å²) in [5, 5.41) is 16.3. The van der Waals surface area contributed by atoms with Crippen molar-refractivity contribution in [3.63, 3.8) is 0 Å². The van der Waals surface area contributed by atoms with E-state index in [9.17, 15) is 10.1 Å². The molecule has 0 bridgehead atoms. The average Bonchev–Trinajstić information content (AvgIpc) is 2.70. The Balaban J connectivity index is 1.68. The lowest BCUT2D eigenvalue weighted by atomic mass is 10.2. The number of halogens is 2. The zero-order chi connectivity index (χ0) is 20.8. The van der Waals surface area contributed by atoms with E-state index < -0.39 is 4.92 Å². The molecule has 0 radical (unpaired) electrons. The molecule has 0 aromatic heterocycles. The van der Waals surface area contributed by atoms with Crippen LogP contribution in [0.25, 0.3) is 0 Å². The monoisotopic (exact) mass is 446 g/mol. The molecule has 0 fully saturated rings. The predicted molar refractivity (Wildman–Crippen MR) is 117 cm³/mol. The number of nitro groups is 1. The highest BCUT2D eigenvalue weighted by atomic mass is 35.5. The summed E-state index contributed by atoms with van der Waals surface area (Å²) in [4.78, 5) is 17.8. The molecule has 0 amide bonds. The molecule has 0 aliphatic heterocycles. The third-order valence-corrected chi connectivity index (χ3v) is 5.73. The largest absolute Gasteiger partial charge is 0.391 e. The lowest BCUT2D eigenvalue weighted by Gasteiger charge is -2.05. The van der Waals surface area contributed by atoms with Crippen LogP contribution < -0.4 is 0 Å². The lowest BCUT2D eigenvalue weighted by Crippen LogP contribution is -1.94. The molecule has 0 aliphatic rings. The van der Waals surface area contributed by atoms with Gasteiger partial charge in [0.05, 0.1) is 26.1 Å². The molecule has 8 heteroatoms. The number of hydrogen-bond acceptors (Lipinski definition) is 5. The molecule has 0 saturated heterocycles. The number of rotatable bonds is 7. The van der Waals surface area contributed by atoms with Crippen LogP contribution in [0.5, 0.6) is 0 Å². The van der Waals surface area contributed by atoms with Crippen LogP contribution in [0.15, 0.2) is 75.6 Å². The molecule has 3 aromatic rings. The maximum atomic E-state index is 11.5. The first-order valence-electron chi connectivity index (χ1n) is 8.54. The summed E-state index contributed by atoms with van der Waals surface area (Å²) >= 11 is 13.2. The summed E-state index contributed by atoms with van der Waals surface area (Å²) in [6.45, 7) is 2.20. The Kier molecular flexibility index (Phi) is 7.14. The SMILES string of the molecule is Cc1ccc(Sc2ccc(/C=N\OCc3ccc(Cl)c(Cl)c3)cc2[N+](=O)[O-])cc1. The highest BCUT2D eigenvalue weighted by Gasteiger charge is 2.15. The first kappa shape index (κ1) is 21.2. The smallest absolute Gasteiger partial charge is 0.283 e. The Morgan fingerprint density at radius 2 is 1.83 bits per heavy atom. The molecule has 0 spiro atoms. The minimum absolute atomic E-state index is 0.0176. The third kappa shape index (κ3) is 5.97. The van der Waals surface area contributed by atoms with E-state index in [-0.39, 0.29) is 12.3 Å². The fourth-order valence-electron chi connectivity index (χ4n) is 2.42. The van der Waals surface area contributed by atoms with Gasteiger partial charge in [-0.25, -0.2) is 0 Å². The van der Waals surface area contributed by atoms with Crippen molar-refractivity contribution in [3.05, 3.63) is 97.5 Å². The van der Waals surface area contributed by atoms with E-state index in [4.69, 9.17) is 28.0 Å². The Hall–Kier alpha value is -2.54. The van der Waals surface area contributed by atoms with E-state index in [0.29, 0.717) is 20.5 Å². The van der Waals surface area contributed by atoms with Crippen molar-refractivity contribution in [2.45, 2.75) is 23.3 Å². The number of oxime groups is 1. The maximum absolute atomic E-state index is 11.5. The van der Waals surface area contributed by atoms with E-state index in [0.717, 1.165) is 16.0 Å². The minimum Gasteiger partial charge on any atom is -0.391 e. The molecule has 0 heterocycles. The number of benzene rings is 3. The summed E-state index contributed by atoms with van der Waals surface area (Å²) < 4.78 is 0. The van der Waals surface area contributed by atoms with Crippen molar-refractivity contribution < 1.29 is 9.76 Å². The van der Waals surface area contributed by atoms with Gasteiger partial charge in [-0.05, 0) is 42.8 Å². The van der Waals surface area contributed by atoms with Gasteiger partial charge in [-0.2, -0.15) is 0 Å². The molecule has 0 aliphatic carbocycles. The van der Waals surface area contributed by atoms with Gasteiger partial charge < -0.3 is 4.84 Å². The molecule has 148 valence electrons. The molecule has 5 nitrogen and oxygen atoms in total. The summed E-state index contributed by atoms with van der Waals surface area (Å²) in [6, 6.07) is 17.9. The third-order valence-electron chi connectivity index (χ3n) is 3.92. The molecule has 0 atom stereocenters. The first-order chi connectivity index (χ1) is 13.9. The van der Waals surface area contributed by atoms with Gasteiger partial charge in [0.1, 0.15) is 6.61 Å². The van der Waals surface area contributed by atoms with Gasteiger partial charge in [0.25, 0.3) is 5.69 Å². The van der Waals surface area contributed by atoms with Crippen molar-refractivity contribution in [2.24, 2.45) is 5.16 Å². The number of hydrogen-bond donors (Lipinski definition) is 0. The molecular weight excluding hydrogens is 431 g/mol. The van der Waals surface area contributed by atoms with Gasteiger partial charge in [-0.1, -0.05) is 69.9 Å². The van der Waals surface area contributed by atoms with E-state index in [2.05, 4.69) is 5.16 Å². The van der Waals surface area contributed by atoms with Crippen molar-refractivity contribution in [1.29, 1.82) is 0 Å². The van der Waals surface area contributed by atoms with E-state index >= 15 is 0 Å². The Labute approximate surface area is 182 Å². The number of nitrogens with zero attached hydrogens (tertiary/aromatic N) is 2. The minimum atomic E-state index is -0.398. The summed E-state index contributed by atoms with van der Waals surface area (Å²) in [6.07, 6.45) is 1.44. The van der Waals surface area contributed by atoms with Crippen LogP contribution in [0.4, 0.5) is 5.69 Å². The first-order valence-corrected chi connectivity index (χ1v) is 10.1. The molecule has 3 rings (SSSR count). The average molecular weight is 447 g/mol. The summed E-state index contributed by atoms with van der Waals surface area (Å²) in [7, 11) is 0. The van der Waals surface area contributed by atoms with E-state index in [1.807, 2.05) is 31.2 Å². The Bertz CT molecular complexity index is 1060. The Morgan fingerprint density at radius 1 is 1.07 bits per heavy atom. The molecule has 0 unspecified atom stereocenters. The van der Waals surface area contributed by atoms with E-state index in [1.54, 1.807) is 30.3 Å². The molecule has 0 saturated carbocycles. The predicted octanol–water partition coefficient (Wildman–Crippen LogP) is 6.91. The zero-order valence-electron chi connectivity index (χ0n) is 15.3. The van der Waals surface area contributed by atoms with Crippen LogP contribution in [0.2, 0.25) is 10.0 Å². The van der Waals surface area contributed by atoms with Crippen molar-refractivity contribution >= 4 is 46.9 Å². The van der Waals surface area contributed by atoms with Gasteiger partial charge >= 0.3 is 0 Å². The van der Waals surface area contributed by atoms with Crippen LogP contribution in [-0.4, -0.2) is 11.1 Å². The standard InChI is InChI=1S/C21H16Cl2N2O3S/c1-14-2-6-17(7-3-14)29-21-9-5-15(11-20(21)25(26)27)12-24-28-13-16-4-8-18(22)19(23)10-16/h2-12H,13H2,1H3/b24-12-. The highest BCUT2D eigenvalue weighted by molar-refractivity contribution is 7.99. The van der Waals surface area contributed by atoms with Gasteiger partial charge in [0.15, 0.2) is 0 Å². The number of aryl methyl sites for hydroxylation is 1. The second kappa shape index (κ2) is 9.78. The Morgan fingerprint density at radius 3 is 2.52 bits per heavy atom. The molecule has 3 aromatic carbocycles. The lowest BCUT2D eigenvalue weighted by molar-refractivity contribution is -0.387. The van der Waals surface area contributed by atoms with Crippen LogP contribution in [0.1, 0.15) is 16.7 Å². The van der Waals surface area contributed by atoms with Gasteiger partial charge in [-0.3, -0.25) is 10.1 Å². The number of nitro benzene ring substituents is 1. The molecule has 29 heavy (non-hydrogen) atoms. The fourth-order valence-corrected chi connectivity index (χ4v) is 3.64.